The molecule has 0 atom stereocenters. The third-order valence-corrected chi connectivity index (χ3v) is 3.46. The molecule has 1 aromatic carbocycles. The second kappa shape index (κ2) is 6.07. The molecule has 18 heavy (non-hydrogen) atoms. The van der Waals surface area contributed by atoms with Gasteiger partial charge in [0.1, 0.15) is 12.4 Å². The number of nitrogen functional groups attached to an aromatic ring is 1. The highest BCUT2D eigenvalue weighted by atomic mass is 16.5. The van der Waals surface area contributed by atoms with Gasteiger partial charge in [-0.1, -0.05) is 0 Å². The summed E-state index contributed by atoms with van der Waals surface area (Å²) in [6.45, 7) is 8.36. The lowest BCUT2D eigenvalue weighted by molar-refractivity contribution is 0.133. The number of nitrogens with two attached hydrogens (primary N) is 1. The number of nitrogens with zero attached hydrogens (tertiary/aromatic N) is 2. The van der Waals surface area contributed by atoms with Crippen molar-refractivity contribution in [2.75, 3.05) is 52.1 Å². The maximum atomic E-state index is 5.81. The lowest BCUT2D eigenvalue weighted by Crippen LogP contribution is -2.45. The Kier molecular flexibility index (Phi) is 4.44. The Balaban J connectivity index is 1.75. The fourth-order valence-corrected chi connectivity index (χ4v) is 2.19. The molecule has 1 aromatic rings. The Bertz CT molecular complexity index is 387. The van der Waals surface area contributed by atoms with E-state index in [1.54, 1.807) is 0 Å². The molecule has 0 aromatic heterocycles. The van der Waals surface area contributed by atoms with Crippen molar-refractivity contribution in [2.24, 2.45) is 0 Å². The molecule has 100 valence electrons. The molecular formula is C14H23N3O. The minimum Gasteiger partial charge on any atom is -0.492 e. The molecule has 0 saturated carbocycles. The van der Waals surface area contributed by atoms with Crippen molar-refractivity contribution in [3.63, 3.8) is 0 Å². The van der Waals surface area contributed by atoms with Crippen LogP contribution < -0.4 is 10.5 Å². The topological polar surface area (TPSA) is 41.7 Å². The summed E-state index contributed by atoms with van der Waals surface area (Å²) in [5, 5.41) is 0. The van der Waals surface area contributed by atoms with E-state index in [1.807, 2.05) is 25.1 Å². The van der Waals surface area contributed by atoms with E-state index >= 15 is 0 Å². The molecule has 0 amide bonds. The van der Waals surface area contributed by atoms with E-state index in [0.717, 1.165) is 56.3 Å². The Morgan fingerprint density at radius 2 is 1.94 bits per heavy atom. The van der Waals surface area contributed by atoms with Crippen LogP contribution in [0.25, 0.3) is 0 Å². The zero-order chi connectivity index (χ0) is 13.0. The lowest BCUT2D eigenvalue weighted by Gasteiger charge is -2.32. The SMILES string of the molecule is Cc1cc(N)ccc1OCCN1CCN(C)CC1. The molecule has 1 aliphatic heterocycles. The van der Waals surface area contributed by atoms with Gasteiger partial charge in [0.2, 0.25) is 0 Å². The first-order chi connectivity index (χ1) is 8.65. The van der Waals surface area contributed by atoms with Gasteiger partial charge in [0.05, 0.1) is 0 Å². The average Bonchev–Trinajstić information content (AvgIpc) is 2.34. The summed E-state index contributed by atoms with van der Waals surface area (Å²) in [4.78, 5) is 4.81. The van der Waals surface area contributed by atoms with Crippen molar-refractivity contribution in [1.82, 2.24) is 9.80 Å². The highest BCUT2D eigenvalue weighted by Crippen LogP contribution is 2.19. The molecule has 0 spiro atoms. The van der Waals surface area contributed by atoms with Gasteiger partial charge in [0.25, 0.3) is 0 Å². The maximum absolute atomic E-state index is 5.81. The van der Waals surface area contributed by atoms with E-state index in [-0.39, 0.29) is 0 Å². The summed E-state index contributed by atoms with van der Waals surface area (Å²) in [6, 6.07) is 5.79. The number of benzene rings is 1. The van der Waals surface area contributed by atoms with Gasteiger partial charge < -0.3 is 15.4 Å². The molecule has 1 saturated heterocycles. The molecule has 1 aliphatic rings. The standard InChI is InChI=1S/C14H23N3O/c1-12-11-13(15)3-4-14(12)18-10-9-17-7-5-16(2)6-8-17/h3-4,11H,5-10,15H2,1-2H3. The lowest BCUT2D eigenvalue weighted by atomic mass is 10.2. The van der Waals surface area contributed by atoms with Gasteiger partial charge in [-0.2, -0.15) is 0 Å². The first kappa shape index (κ1) is 13.2. The van der Waals surface area contributed by atoms with E-state index in [9.17, 15) is 0 Å². The van der Waals surface area contributed by atoms with E-state index in [1.165, 1.54) is 0 Å². The van der Waals surface area contributed by atoms with Crippen LogP contribution in [0.3, 0.4) is 0 Å². The predicted molar refractivity (Wildman–Crippen MR) is 75.0 cm³/mol. The van der Waals surface area contributed by atoms with Crippen molar-refractivity contribution in [2.45, 2.75) is 6.92 Å². The van der Waals surface area contributed by atoms with Crippen LogP contribution in [0.1, 0.15) is 5.56 Å². The third-order valence-electron chi connectivity index (χ3n) is 3.46. The van der Waals surface area contributed by atoms with Crippen LogP contribution in [0.4, 0.5) is 5.69 Å². The van der Waals surface area contributed by atoms with Crippen LogP contribution in [0.15, 0.2) is 18.2 Å². The summed E-state index contributed by atoms with van der Waals surface area (Å²) in [7, 11) is 2.17. The fraction of sp³-hybridized carbons (Fsp3) is 0.571. The molecule has 1 fully saturated rings. The largest absolute Gasteiger partial charge is 0.492 e. The summed E-state index contributed by atoms with van der Waals surface area (Å²) >= 11 is 0. The van der Waals surface area contributed by atoms with Crippen LogP contribution >= 0.6 is 0 Å². The number of rotatable bonds is 4. The molecular weight excluding hydrogens is 226 g/mol. The second-order valence-electron chi connectivity index (χ2n) is 5.02. The molecule has 1 heterocycles. The number of anilines is 1. The molecule has 0 radical (unpaired) electrons. The van der Waals surface area contributed by atoms with E-state index in [0.29, 0.717) is 0 Å². The minimum atomic E-state index is 0.745. The number of aryl methyl sites for hydroxylation is 1. The van der Waals surface area contributed by atoms with Gasteiger partial charge in [-0.3, -0.25) is 4.90 Å². The van der Waals surface area contributed by atoms with Gasteiger partial charge in [0.15, 0.2) is 0 Å². The molecule has 4 nitrogen and oxygen atoms in total. The van der Waals surface area contributed by atoms with Gasteiger partial charge in [-0.15, -0.1) is 0 Å². The van der Waals surface area contributed by atoms with Crippen molar-refractivity contribution in [3.05, 3.63) is 23.8 Å². The predicted octanol–water partition coefficient (Wildman–Crippen LogP) is 1.20. The highest BCUT2D eigenvalue weighted by Gasteiger charge is 2.13. The third kappa shape index (κ3) is 3.62. The van der Waals surface area contributed by atoms with Gasteiger partial charge >= 0.3 is 0 Å². The monoisotopic (exact) mass is 249 g/mol. The Morgan fingerprint density at radius 3 is 2.61 bits per heavy atom. The quantitative estimate of drug-likeness (QED) is 0.814. The van der Waals surface area contributed by atoms with E-state index in [4.69, 9.17) is 10.5 Å². The first-order valence-corrected chi connectivity index (χ1v) is 6.55. The van der Waals surface area contributed by atoms with Gasteiger partial charge in [0, 0.05) is 38.4 Å². The summed E-state index contributed by atoms with van der Waals surface area (Å²) in [5.41, 5.74) is 7.61. The molecule has 2 rings (SSSR count). The smallest absolute Gasteiger partial charge is 0.122 e. The molecule has 0 aliphatic carbocycles. The van der Waals surface area contributed by atoms with Crippen LogP contribution in [0.5, 0.6) is 5.75 Å². The van der Waals surface area contributed by atoms with Crippen LogP contribution in [0.2, 0.25) is 0 Å². The summed E-state index contributed by atoms with van der Waals surface area (Å²) < 4.78 is 5.81. The van der Waals surface area contributed by atoms with Crippen LogP contribution in [0, 0.1) is 6.92 Å². The number of piperazine rings is 1. The van der Waals surface area contributed by atoms with Gasteiger partial charge in [-0.05, 0) is 37.7 Å². The minimum absolute atomic E-state index is 0.745. The van der Waals surface area contributed by atoms with E-state index in [2.05, 4.69) is 16.8 Å². The van der Waals surface area contributed by atoms with E-state index < -0.39 is 0 Å². The van der Waals surface area contributed by atoms with Crippen LogP contribution in [-0.4, -0.2) is 56.2 Å². The van der Waals surface area contributed by atoms with Crippen molar-refractivity contribution in [1.29, 1.82) is 0 Å². The number of hydrogen-bond donors (Lipinski definition) is 1. The Hall–Kier alpha value is -1.26. The van der Waals surface area contributed by atoms with Crippen molar-refractivity contribution < 1.29 is 4.74 Å². The highest BCUT2D eigenvalue weighted by molar-refractivity contribution is 5.47. The summed E-state index contributed by atoms with van der Waals surface area (Å²) in [5.74, 6) is 0.943. The number of likely N-dealkylation sites (N-methyl/N-ethyl adjacent to an activating group) is 1. The molecule has 2 N–H and O–H groups in total. The fourth-order valence-electron chi connectivity index (χ4n) is 2.19. The number of ether oxygens (including phenoxy) is 1. The zero-order valence-electron chi connectivity index (χ0n) is 11.4. The maximum Gasteiger partial charge on any atom is 0.122 e. The average molecular weight is 249 g/mol. The molecule has 4 heteroatoms. The van der Waals surface area contributed by atoms with Crippen molar-refractivity contribution >= 4 is 5.69 Å². The normalized spacial score (nSPS) is 17.9. The van der Waals surface area contributed by atoms with Crippen LogP contribution in [-0.2, 0) is 0 Å². The zero-order valence-corrected chi connectivity index (χ0v) is 11.4. The Morgan fingerprint density at radius 1 is 1.22 bits per heavy atom. The summed E-state index contributed by atoms with van der Waals surface area (Å²) in [6.07, 6.45) is 0. The van der Waals surface area contributed by atoms with Gasteiger partial charge in [-0.25, -0.2) is 0 Å². The van der Waals surface area contributed by atoms with Crippen molar-refractivity contribution in [3.8, 4) is 5.75 Å². The molecule has 0 unspecified atom stereocenters. The Labute approximate surface area is 109 Å². The molecule has 0 bridgehead atoms. The number of hydrogen-bond acceptors (Lipinski definition) is 4. The first-order valence-electron chi connectivity index (χ1n) is 6.55. The second-order valence-corrected chi connectivity index (χ2v) is 5.02.